The second-order valence-corrected chi connectivity index (χ2v) is 6.38. The lowest BCUT2D eigenvalue weighted by Crippen LogP contribution is -2.50. The molecule has 0 radical (unpaired) electrons. The van der Waals surface area contributed by atoms with E-state index < -0.39 is 5.54 Å². The average Bonchev–Trinajstić information content (AvgIpc) is 2.49. The molecular formula is C18H27NO2. The number of benzene rings is 1. The third kappa shape index (κ3) is 3.78. The van der Waals surface area contributed by atoms with Gasteiger partial charge in [0.2, 0.25) is 0 Å². The molecule has 0 heterocycles. The van der Waals surface area contributed by atoms with Crippen LogP contribution in [-0.4, -0.2) is 18.1 Å². The van der Waals surface area contributed by atoms with Crippen molar-refractivity contribution >= 4 is 11.7 Å². The summed E-state index contributed by atoms with van der Waals surface area (Å²) in [5.74, 6) is 1.29. The number of anilines is 1. The number of esters is 1. The number of hydrogen-bond donors (Lipinski definition) is 1. The smallest absolute Gasteiger partial charge is 0.331 e. The van der Waals surface area contributed by atoms with Crippen LogP contribution in [-0.2, 0) is 9.53 Å². The fourth-order valence-corrected chi connectivity index (χ4v) is 3.25. The van der Waals surface area contributed by atoms with E-state index in [2.05, 4.69) is 19.2 Å². The Labute approximate surface area is 128 Å². The van der Waals surface area contributed by atoms with Crippen molar-refractivity contribution in [3.8, 4) is 0 Å². The van der Waals surface area contributed by atoms with Gasteiger partial charge in [0.1, 0.15) is 5.54 Å². The lowest BCUT2D eigenvalue weighted by atomic mass is 9.72. The fraction of sp³-hybridized carbons (Fsp3) is 0.611. The minimum atomic E-state index is -0.553. The lowest BCUT2D eigenvalue weighted by Gasteiger charge is -2.40. The van der Waals surface area contributed by atoms with Crippen molar-refractivity contribution < 1.29 is 9.53 Å². The molecule has 0 aromatic heterocycles. The van der Waals surface area contributed by atoms with Gasteiger partial charge in [-0.25, -0.2) is 4.79 Å². The largest absolute Gasteiger partial charge is 0.464 e. The summed E-state index contributed by atoms with van der Waals surface area (Å²) in [6.07, 6.45) is 3.86. The first-order valence-electron chi connectivity index (χ1n) is 8.08. The van der Waals surface area contributed by atoms with Gasteiger partial charge < -0.3 is 10.1 Å². The van der Waals surface area contributed by atoms with Crippen LogP contribution in [0.15, 0.2) is 30.3 Å². The lowest BCUT2D eigenvalue weighted by molar-refractivity contribution is -0.150. The SMILES string of the molecule is CCOC(=O)C1(Nc2ccccc2)CCC(C(C)C)CC1. The fourth-order valence-electron chi connectivity index (χ4n) is 3.25. The van der Waals surface area contributed by atoms with Crippen LogP contribution in [0.5, 0.6) is 0 Å². The summed E-state index contributed by atoms with van der Waals surface area (Å²) in [5.41, 5.74) is 0.441. The highest BCUT2D eigenvalue weighted by atomic mass is 16.5. The molecular weight excluding hydrogens is 262 g/mol. The summed E-state index contributed by atoms with van der Waals surface area (Å²) >= 11 is 0. The summed E-state index contributed by atoms with van der Waals surface area (Å²) < 4.78 is 5.35. The number of rotatable bonds is 5. The average molecular weight is 289 g/mol. The zero-order valence-electron chi connectivity index (χ0n) is 13.4. The van der Waals surface area contributed by atoms with Crippen LogP contribution in [0, 0.1) is 11.8 Å². The maximum absolute atomic E-state index is 12.5. The van der Waals surface area contributed by atoms with Gasteiger partial charge in [0, 0.05) is 5.69 Å². The third-order valence-corrected chi connectivity index (χ3v) is 4.65. The van der Waals surface area contributed by atoms with Crippen LogP contribution < -0.4 is 5.32 Å². The van der Waals surface area contributed by atoms with E-state index in [1.165, 1.54) is 0 Å². The number of para-hydroxylation sites is 1. The first-order chi connectivity index (χ1) is 10.1. The van der Waals surface area contributed by atoms with Gasteiger partial charge in [0.15, 0.2) is 0 Å². The zero-order valence-corrected chi connectivity index (χ0v) is 13.4. The van der Waals surface area contributed by atoms with Gasteiger partial charge >= 0.3 is 5.97 Å². The molecule has 0 atom stereocenters. The van der Waals surface area contributed by atoms with E-state index in [1.807, 2.05) is 37.3 Å². The highest BCUT2D eigenvalue weighted by Gasteiger charge is 2.43. The minimum Gasteiger partial charge on any atom is -0.464 e. The van der Waals surface area contributed by atoms with Gasteiger partial charge in [-0.2, -0.15) is 0 Å². The molecule has 1 aromatic carbocycles. The number of hydrogen-bond acceptors (Lipinski definition) is 3. The molecule has 1 saturated carbocycles. The van der Waals surface area contributed by atoms with E-state index in [4.69, 9.17) is 4.74 Å². The summed E-state index contributed by atoms with van der Waals surface area (Å²) in [6, 6.07) is 9.98. The van der Waals surface area contributed by atoms with Gasteiger partial charge in [-0.15, -0.1) is 0 Å². The molecule has 2 rings (SSSR count). The van der Waals surface area contributed by atoms with Crippen molar-refractivity contribution in [2.45, 2.75) is 52.0 Å². The molecule has 0 unspecified atom stereocenters. The molecule has 0 amide bonds. The number of ether oxygens (including phenoxy) is 1. The molecule has 1 N–H and O–H groups in total. The van der Waals surface area contributed by atoms with Crippen LogP contribution in [0.3, 0.4) is 0 Å². The summed E-state index contributed by atoms with van der Waals surface area (Å²) in [4.78, 5) is 12.5. The Morgan fingerprint density at radius 1 is 1.29 bits per heavy atom. The molecule has 1 fully saturated rings. The standard InChI is InChI=1S/C18H27NO2/c1-4-21-17(20)18(19-16-8-6-5-7-9-16)12-10-15(11-13-18)14(2)3/h5-9,14-15,19H,4,10-13H2,1-3H3. The Morgan fingerprint density at radius 3 is 2.43 bits per heavy atom. The van der Waals surface area contributed by atoms with Gasteiger partial charge in [-0.05, 0) is 56.6 Å². The minimum absolute atomic E-state index is 0.101. The van der Waals surface area contributed by atoms with Crippen molar-refractivity contribution in [2.24, 2.45) is 11.8 Å². The number of carbonyl (C=O) groups excluding carboxylic acids is 1. The predicted molar refractivity (Wildman–Crippen MR) is 86.2 cm³/mol. The van der Waals surface area contributed by atoms with E-state index in [0.29, 0.717) is 18.4 Å². The monoisotopic (exact) mass is 289 g/mol. The summed E-state index contributed by atoms with van der Waals surface area (Å²) in [5, 5.41) is 3.46. The Morgan fingerprint density at radius 2 is 1.90 bits per heavy atom. The van der Waals surface area contributed by atoms with Crippen molar-refractivity contribution in [1.82, 2.24) is 0 Å². The quantitative estimate of drug-likeness (QED) is 0.824. The third-order valence-electron chi connectivity index (χ3n) is 4.65. The van der Waals surface area contributed by atoms with Crippen molar-refractivity contribution in [3.05, 3.63) is 30.3 Å². The highest BCUT2D eigenvalue weighted by molar-refractivity contribution is 5.84. The Kier molecular flexibility index (Phi) is 5.27. The molecule has 116 valence electrons. The number of carbonyl (C=O) groups is 1. The molecule has 1 aliphatic rings. The molecule has 21 heavy (non-hydrogen) atoms. The topological polar surface area (TPSA) is 38.3 Å². The first kappa shape index (κ1) is 15.9. The molecule has 0 aliphatic heterocycles. The maximum atomic E-state index is 12.5. The van der Waals surface area contributed by atoms with E-state index in [0.717, 1.165) is 31.4 Å². The predicted octanol–water partition coefficient (Wildman–Crippen LogP) is 4.25. The highest BCUT2D eigenvalue weighted by Crippen LogP contribution is 2.38. The van der Waals surface area contributed by atoms with Gasteiger partial charge in [0.25, 0.3) is 0 Å². The second-order valence-electron chi connectivity index (χ2n) is 6.38. The number of nitrogens with one attached hydrogen (secondary N) is 1. The Bertz CT molecular complexity index is 448. The van der Waals surface area contributed by atoms with Gasteiger partial charge in [-0.3, -0.25) is 0 Å². The van der Waals surface area contributed by atoms with Crippen LogP contribution >= 0.6 is 0 Å². The second kappa shape index (κ2) is 6.97. The first-order valence-corrected chi connectivity index (χ1v) is 8.08. The summed E-state index contributed by atoms with van der Waals surface area (Å²) in [7, 11) is 0. The van der Waals surface area contributed by atoms with Crippen molar-refractivity contribution in [3.63, 3.8) is 0 Å². The Hall–Kier alpha value is -1.51. The van der Waals surface area contributed by atoms with E-state index in [1.54, 1.807) is 0 Å². The summed E-state index contributed by atoms with van der Waals surface area (Å²) in [6.45, 7) is 6.85. The molecule has 0 spiro atoms. The molecule has 1 aliphatic carbocycles. The van der Waals surface area contributed by atoms with Gasteiger partial charge in [-0.1, -0.05) is 32.0 Å². The van der Waals surface area contributed by atoms with Crippen LogP contribution in [0.1, 0.15) is 46.5 Å². The molecule has 1 aromatic rings. The molecule has 0 bridgehead atoms. The molecule has 0 saturated heterocycles. The molecule has 3 heteroatoms. The zero-order chi connectivity index (χ0) is 15.3. The van der Waals surface area contributed by atoms with Crippen LogP contribution in [0.2, 0.25) is 0 Å². The van der Waals surface area contributed by atoms with Crippen LogP contribution in [0.25, 0.3) is 0 Å². The van der Waals surface area contributed by atoms with E-state index >= 15 is 0 Å². The van der Waals surface area contributed by atoms with Gasteiger partial charge in [0.05, 0.1) is 6.61 Å². The van der Waals surface area contributed by atoms with Crippen molar-refractivity contribution in [1.29, 1.82) is 0 Å². The van der Waals surface area contributed by atoms with E-state index in [9.17, 15) is 4.79 Å². The molecule has 3 nitrogen and oxygen atoms in total. The maximum Gasteiger partial charge on any atom is 0.331 e. The Balaban J connectivity index is 2.15. The van der Waals surface area contributed by atoms with Crippen molar-refractivity contribution in [2.75, 3.05) is 11.9 Å². The normalized spacial score (nSPS) is 25.6. The van der Waals surface area contributed by atoms with Crippen LogP contribution in [0.4, 0.5) is 5.69 Å². The van der Waals surface area contributed by atoms with E-state index in [-0.39, 0.29) is 5.97 Å².